The van der Waals surface area contributed by atoms with Crippen LogP contribution >= 0.6 is 0 Å². The van der Waals surface area contributed by atoms with Crippen LogP contribution in [0, 0.1) is 0 Å². The molecule has 0 aliphatic rings. The Morgan fingerprint density at radius 3 is 3.00 bits per heavy atom. The van der Waals surface area contributed by atoms with Crippen LogP contribution in [0.2, 0.25) is 0 Å². The zero-order chi connectivity index (χ0) is 14.8. The Bertz CT molecular complexity index is 842. The Balaban J connectivity index is 1.92. The molecule has 0 fully saturated rings. The van der Waals surface area contributed by atoms with Crippen molar-refractivity contribution in [2.45, 2.75) is 39.0 Å². The van der Waals surface area contributed by atoms with Crippen molar-refractivity contribution in [2.75, 3.05) is 0 Å². The Kier molecular flexibility index (Phi) is 3.55. The van der Waals surface area contributed by atoms with E-state index in [4.69, 9.17) is 0 Å². The largest absolute Gasteiger partial charge is 0.339 e. The third-order valence-corrected chi connectivity index (χ3v) is 3.56. The molecule has 3 aromatic rings. The first kappa shape index (κ1) is 13.5. The fourth-order valence-electron chi connectivity index (χ4n) is 2.46. The molecule has 0 aliphatic carbocycles. The maximum Gasteiger partial charge on any atom is 0.285 e. The summed E-state index contributed by atoms with van der Waals surface area (Å²) < 4.78 is 1.44. The molecule has 3 rings (SSSR count). The summed E-state index contributed by atoms with van der Waals surface area (Å²) in [5.74, 6) is 0.547. The van der Waals surface area contributed by atoms with E-state index < -0.39 is 0 Å². The topological polar surface area (TPSA) is 95.9 Å². The average molecular weight is 287 g/mol. The molecule has 0 unspecified atom stereocenters. The van der Waals surface area contributed by atoms with Gasteiger partial charge in [0.15, 0.2) is 5.65 Å². The highest BCUT2D eigenvalue weighted by atomic mass is 16.1. The van der Waals surface area contributed by atoms with Crippen LogP contribution in [0.3, 0.4) is 0 Å². The molecule has 21 heavy (non-hydrogen) atoms. The third-order valence-electron chi connectivity index (χ3n) is 3.56. The summed E-state index contributed by atoms with van der Waals surface area (Å²) in [7, 11) is 0. The quantitative estimate of drug-likeness (QED) is 0.673. The normalized spacial score (nSPS) is 11.5. The highest BCUT2D eigenvalue weighted by molar-refractivity contribution is 5.80. The molecule has 0 aromatic carbocycles. The third kappa shape index (κ3) is 2.46. The number of aromatic nitrogens is 5. The van der Waals surface area contributed by atoms with Crippen LogP contribution < -0.4 is 5.56 Å². The van der Waals surface area contributed by atoms with Gasteiger partial charge in [0.2, 0.25) is 5.78 Å². The van der Waals surface area contributed by atoms with Crippen LogP contribution in [0.25, 0.3) is 16.9 Å². The van der Waals surface area contributed by atoms with E-state index in [1.807, 2.05) is 0 Å². The average Bonchev–Trinajstić information content (AvgIpc) is 3.07. The number of nitrogens with zero attached hydrogens (tertiary/aromatic N) is 3. The molecule has 3 aromatic heterocycles. The summed E-state index contributed by atoms with van der Waals surface area (Å²) in [6.07, 6.45) is 6.84. The van der Waals surface area contributed by atoms with E-state index in [2.05, 4.69) is 26.9 Å². The van der Waals surface area contributed by atoms with Crippen molar-refractivity contribution in [1.82, 2.24) is 24.3 Å². The number of nitrogens with one attached hydrogen (secondary N) is 2. The second kappa shape index (κ2) is 5.51. The van der Waals surface area contributed by atoms with Gasteiger partial charge < -0.3 is 9.97 Å². The second-order valence-corrected chi connectivity index (χ2v) is 5.14. The van der Waals surface area contributed by atoms with Crippen molar-refractivity contribution in [3.63, 3.8) is 0 Å². The van der Waals surface area contributed by atoms with Crippen LogP contribution in [-0.2, 0) is 11.2 Å². The lowest BCUT2D eigenvalue weighted by Crippen LogP contribution is -2.18. The van der Waals surface area contributed by atoms with Gasteiger partial charge in [-0.1, -0.05) is 19.8 Å². The van der Waals surface area contributed by atoms with Gasteiger partial charge in [0.1, 0.15) is 11.3 Å². The number of fused-ring (bicyclic) bond motifs is 2. The van der Waals surface area contributed by atoms with Crippen molar-refractivity contribution in [3.05, 3.63) is 28.6 Å². The lowest BCUT2D eigenvalue weighted by molar-refractivity contribution is -0.118. The molecule has 0 aliphatic heterocycles. The minimum absolute atomic E-state index is 0.134. The Morgan fingerprint density at radius 2 is 2.19 bits per heavy atom. The molecule has 0 saturated carbocycles. The van der Waals surface area contributed by atoms with Gasteiger partial charge in [-0.2, -0.15) is 0 Å². The predicted molar refractivity (Wildman–Crippen MR) is 78.3 cm³/mol. The molecule has 7 nitrogen and oxygen atoms in total. The van der Waals surface area contributed by atoms with E-state index in [1.54, 1.807) is 6.20 Å². The minimum Gasteiger partial charge on any atom is -0.339 e. The number of carbonyl (C=O) groups is 1. The van der Waals surface area contributed by atoms with E-state index in [0.717, 1.165) is 19.3 Å². The number of carbonyl (C=O) groups excluding carboxylic acids is 1. The number of H-pyrrole nitrogens is 2. The number of unbranched alkanes of at least 4 members (excludes halogenated alkanes) is 2. The van der Waals surface area contributed by atoms with Crippen molar-refractivity contribution < 1.29 is 4.79 Å². The standard InChI is InChI=1S/C14H17N5O2/c1-2-3-4-5-10(20)6-9-7-15-14-18-12-11(16-8-17-12)13(21)19(9)14/h7-8H,2-6H2,1H3,(H,15,18)(H,16,17). The second-order valence-electron chi connectivity index (χ2n) is 5.14. The van der Waals surface area contributed by atoms with Gasteiger partial charge in [-0.05, 0) is 6.42 Å². The van der Waals surface area contributed by atoms with Gasteiger partial charge in [-0.3, -0.25) is 9.59 Å². The molecule has 0 spiro atoms. The maximum absolute atomic E-state index is 12.4. The molecule has 7 heteroatoms. The summed E-state index contributed by atoms with van der Waals surface area (Å²) >= 11 is 0. The molecular weight excluding hydrogens is 270 g/mol. The first-order chi connectivity index (χ1) is 10.2. The molecule has 3 heterocycles. The van der Waals surface area contributed by atoms with E-state index in [9.17, 15) is 9.59 Å². The highest BCUT2D eigenvalue weighted by Crippen LogP contribution is 2.09. The summed E-state index contributed by atoms with van der Waals surface area (Å²) in [6.45, 7) is 2.10. The number of imidazole rings is 2. The summed E-state index contributed by atoms with van der Waals surface area (Å²) in [5, 5.41) is 0. The molecule has 0 saturated heterocycles. The molecule has 0 atom stereocenters. The number of rotatable bonds is 6. The van der Waals surface area contributed by atoms with Gasteiger partial charge in [0, 0.05) is 12.8 Å². The fraction of sp³-hybridized carbons (Fsp3) is 0.429. The van der Waals surface area contributed by atoms with Crippen molar-refractivity contribution in [1.29, 1.82) is 0 Å². The lowest BCUT2D eigenvalue weighted by atomic mass is 10.1. The molecule has 0 bridgehead atoms. The highest BCUT2D eigenvalue weighted by Gasteiger charge is 2.14. The number of aromatic amines is 2. The van der Waals surface area contributed by atoms with Crippen LogP contribution in [0.4, 0.5) is 0 Å². The van der Waals surface area contributed by atoms with Crippen molar-refractivity contribution in [3.8, 4) is 0 Å². The summed E-state index contributed by atoms with van der Waals surface area (Å²) in [5.41, 5.74) is 1.24. The Hall–Kier alpha value is -2.44. The van der Waals surface area contributed by atoms with Gasteiger partial charge in [-0.25, -0.2) is 14.4 Å². The van der Waals surface area contributed by atoms with E-state index in [0.29, 0.717) is 29.1 Å². The molecule has 2 N–H and O–H groups in total. The molecule has 110 valence electrons. The van der Waals surface area contributed by atoms with Gasteiger partial charge in [0.25, 0.3) is 5.56 Å². The van der Waals surface area contributed by atoms with Crippen molar-refractivity contribution in [2.24, 2.45) is 0 Å². The summed E-state index contributed by atoms with van der Waals surface area (Å²) in [4.78, 5) is 38.3. The van der Waals surface area contributed by atoms with Crippen LogP contribution in [0.5, 0.6) is 0 Å². The maximum atomic E-state index is 12.4. The molecular formula is C14H17N5O2. The monoisotopic (exact) mass is 287 g/mol. The summed E-state index contributed by atoms with van der Waals surface area (Å²) in [6, 6.07) is 0. The van der Waals surface area contributed by atoms with Gasteiger partial charge in [0.05, 0.1) is 18.2 Å². The van der Waals surface area contributed by atoms with Crippen molar-refractivity contribution >= 4 is 22.7 Å². The fourth-order valence-corrected chi connectivity index (χ4v) is 2.46. The zero-order valence-corrected chi connectivity index (χ0v) is 11.8. The number of Topliss-reactive ketones (excluding diaryl/α,β-unsaturated/α-hetero) is 1. The van der Waals surface area contributed by atoms with Gasteiger partial charge in [-0.15, -0.1) is 0 Å². The van der Waals surface area contributed by atoms with E-state index >= 15 is 0 Å². The van der Waals surface area contributed by atoms with E-state index in [1.165, 1.54) is 10.7 Å². The Labute approximate surface area is 120 Å². The number of hydrogen-bond acceptors (Lipinski definition) is 4. The minimum atomic E-state index is -0.231. The first-order valence-corrected chi connectivity index (χ1v) is 7.14. The molecule has 0 amide bonds. The van der Waals surface area contributed by atoms with Crippen LogP contribution in [0.1, 0.15) is 38.3 Å². The smallest absolute Gasteiger partial charge is 0.285 e. The first-order valence-electron chi connectivity index (χ1n) is 7.14. The number of ketones is 1. The zero-order valence-electron chi connectivity index (χ0n) is 11.8. The van der Waals surface area contributed by atoms with Gasteiger partial charge >= 0.3 is 0 Å². The predicted octanol–water partition coefficient (Wildman–Crippen LogP) is 1.59. The van der Waals surface area contributed by atoms with E-state index in [-0.39, 0.29) is 17.8 Å². The lowest BCUT2D eigenvalue weighted by Gasteiger charge is -2.01. The molecule has 0 radical (unpaired) electrons. The number of hydrogen-bond donors (Lipinski definition) is 2. The van der Waals surface area contributed by atoms with Crippen LogP contribution in [-0.4, -0.2) is 30.1 Å². The SMILES string of the molecule is CCCCCC(=O)Cc1cnc2[nH]c3nc[nH]c3c(=O)n12. The van der Waals surface area contributed by atoms with Crippen LogP contribution in [0.15, 0.2) is 17.3 Å². The Morgan fingerprint density at radius 1 is 1.33 bits per heavy atom.